The number of carbonyl (C=O) groups is 16. The fourth-order valence-corrected chi connectivity index (χ4v) is 16.6. The van der Waals surface area contributed by atoms with Crippen LogP contribution in [0.25, 0.3) is 32.8 Å². The van der Waals surface area contributed by atoms with E-state index in [-0.39, 0.29) is 163 Å². The number of unbranched alkanes of at least 4 members (excludes halogenated alkanes) is 2. The highest BCUT2D eigenvalue weighted by atomic mass is 16.6. The first-order valence-corrected chi connectivity index (χ1v) is 45.9. The van der Waals surface area contributed by atoms with E-state index < -0.39 is 198 Å². The number of imidazole rings is 1. The lowest BCUT2D eigenvalue weighted by Crippen LogP contribution is -2.61. The minimum absolute atomic E-state index is 0.00761. The molecule has 2 aliphatic rings. The minimum Gasteiger partial charge on any atom is -0.508 e. The number of nitrogens with zero attached hydrogens (tertiary/aromatic N) is 6. The molecule has 4 aromatic heterocycles. The molecule has 10 rings (SSSR count). The van der Waals surface area contributed by atoms with Gasteiger partial charge in [-0.05, 0) is 153 Å². The van der Waals surface area contributed by atoms with Gasteiger partial charge in [0, 0.05) is 111 Å². The highest BCUT2D eigenvalue weighted by Gasteiger charge is 2.43. The molecule has 8 aromatic rings. The van der Waals surface area contributed by atoms with Crippen LogP contribution in [0.4, 0.5) is 11.4 Å². The van der Waals surface area contributed by atoms with E-state index in [1.165, 1.54) is 58.7 Å². The van der Waals surface area contributed by atoms with E-state index in [9.17, 15) is 73.1 Å². The number of likely N-dealkylation sites (tertiary alicyclic amines) is 2. The van der Waals surface area contributed by atoms with Crippen LogP contribution < -0.4 is 81.0 Å². The van der Waals surface area contributed by atoms with Gasteiger partial charge in [-0.1, -0.05) is 96.0 Å². The largest absolute Gasteiger partial charge is 0.508 e. The number of benzene rings is 4. The summed E-state index contributed by atoms with van der Waals surface area (Å²) in [4.78, 5) is 253. The molecule has 2 aliphatic heterocycles. The molecule has 0 saturated carbocycles. The van der Waals surface area contributed by atoms with Gasteiger partial charge in [0.2, 0.25) is 94.1 Å². The average molecular weight is 1900 g/mol. The Morgan fingerprint density at radius 3 is 1.59 bits per heavy atom. The van der Waals surface area contributed by atoms with Gasteiger partial charge in [0.05, 0.1) is 35.2 Å². The summed E-state index contributed by atoms with van der Waals surface area (Å²) in [6.45, 7) is 8.05. The Balaban J connectivity index is 0.829. The molecular weight excluding hydrogens is 1780 g/mol. The van der Waals surface area contributed by atoms with Gasteiger partial charge in [-0.2, -0.15) is 0 Å². The third kappa shape index (κ3) is 30.3. The number of nitrogens with two attached hydrogens (primary N) is 3. The Morgan fingerprint density at radius 1 is 0.518 bits per heavy atom. The number of aliphatic carboxylic acids is 1. The zero-order valence-electron chi connectivity index (χ0n) is 76.9. The Labute approximate surface area is 787 Å². The number of nitro benzene ring substituents is 1. The molecule has 0 bridgehead atoms. The van der Waals surface area contributed by atoms with Crippen LogP contribution in [-0.2, 0) is 102 Å². The molecule has 23 N–H and O–H groups in total. The van der Waals surface area contributed by atoms with Crippen molar-refractivity contribution in [2.75, 3.05) is 38.0 Å². The van der Waals surface area contributed by atoms with Gasteiger partial charge in [-0.25, -0.2) is 14.4 Å². The number of nitrogens with one attached hydrogen (secondary N) is 15. The van der Waals surface area contributed by atoms with Crippen molar-refractivity contribution in [2.45, 2.75) is 242 Å². The molecule has 45 nitrogen and oxygen atoms in total. The number of hydrogen-bond acceptors (Lipinski definition) is 25. The Hall–Kier alpha value is -15.0. The van der Waals surface area contributed by atoms with Crippen molar-refractivity contribution in [2.24, 2.45) is 29.0 Å². The topological polar surface area (TPSA) is 685 Å². The second kappa shape index (κ2) is 50.4. The van der Waals surface area contributed by atoms with Gasteiger partial charge in [-0.3, -0.25) is 82.0 Å². The lowest BCUT2D eigenvalue weighted by molar-refractivity contribution is -0.383. The number of H-pyrrole nitrogens is 3. The van der Waals surface area contributed by atoms with Crippen LogP contribution in [0, 0.1) is 22.0 Å². The molecule has 0 unspecified atom stereocenters. The highest BCUT2D eigenvalue weighted by molar-refractivity contribution is 6.01. The van der Waals surface area contributed by atoms with Gasteiger partial charge in [0.15, 0.2) is 5.52 Å². The third-order valence-corrected chi connectivity index (χ3v) is 23.8. The molecule has 736 valence electrons. The summed E-state index contributed by atoms with van der Waals surface area (Å²) in [7, 11) is 0. The van der Waals surface area contributed by atoms with E-state index in [4.69, 9.17) is 21.8 Å². The van der Waals surface area contributed by atoms with Crippen LogP contribution in [0.3, 0.4) is 0 Å². The van der Waals surface area contributed by atoms with E-state index in [0.717, 1.165) is 16.5 Å². The normalized spacial score (nSPS) is 15.8. The molecule has 137 heavy (non-hydrogen) atoms. The summed E-state index contributed by atoms with van der Waals surface area (Å²) < 4.78 is 4.74. The van der Waals surface area contributed by atoms with Crippen LogP contribution in [0.5, 0.6) is 5.75 Å². The summed E-state index contributed by atoms with van der Waals surface area (Å²) >= 11 is 0. The average Bonchev–Trinajstić information content (AvgIpc) is 1.61. The maximum absolute atomic E-state index is 15.3. The highest BCUT2D eigenvalue weighted by Crippen LogP contribution is 2.30. The number of non-ortho nitro benzene ring substituents is 1. The predicted octanol–water partition coefficient (Wildman–Crippen LogP) is 1.27. The van der Waals surface area contributed by atoms with Crippen LogP contribution >= 0.6 is 0 Å². The first kappa shape index (κ1) is 104. The monoisotopic (exact) mass is 1900 g/mol. The number of carbonyl (C=O) groups excluding carboxylic acids is 15. The lowest BCUT2D eigenvalue weighted by atomic mass is 9.99. The first-order valence-electron chi connectivity index (χ1n) is 45.9. The number of para-hydroxylation sites is 2. The van der Waals surface area contributed by atoms with Gasteiger partial charge in [0.1, 0.15) is 72.2 Å². The number of aromatic hydroxyl groups is 1. The van der Waals surface area contributed by atoms with Crippen LogP contribution in [-0.4, -0.2) is 255 Å². The van der Waals surface area contributed by atoms with Gasteiger partial charge in [-0.15, -0.1) is 0 Å². The number of fused-ring (bicyclic) bond motifs is 3. The number of amides is 15. The fraction of sp³-hybridized carbons (Fsp3) is 0.489. The lowest BCUT2D eigenvalue weighted by Gasteiger charge is -2.31. The number of nitro groups is 1. The molecule has 12 atom stereocenters. The zero-order chi connectivity index (χ0) is 99.1. The smallest absolute Gasteiger partial charge is 0.326 e. The van der Waals surface area contributed by atoms with E-state index in [1.807, 2.05) is 43.3 Å². The summed E-state index contributed by atoms with van der Waals surface area (Å²) in [5, 5.41) is 73.0. The maximum Gasteiger partial charge on any atom is 0.326 e. The van der Waals surface area contributed by atoms with Gasteiger partial charge in [0.25, 0.3) is 0 Å². The Morgan fingerprint density at radius 2 is 1.02 bits per heavy atom. The number of phenolic OH excluding ortho intramolecular Hbond substituents is 1. The first-order chi connectivity index (χ1) is 65.5. The van der Waals surface area contributed by atoms with E-state index in [2.05, 4.69) is 94.1 Å². The molecule has 2 saturated heterocycles. The minimum atomic E-state index is -1.65. The number of carboxylic acid groups (broad SMARTS) is 1. The van der Waals surface area contributed by atoms with E-state index in [0.29, 0.717) is 46.3 Å². The number of carboxylic acids is 1. The number of phenols is 1. The summed E-state index contributed by atoms with van der Waals surface area (Å²) in [5.41, 5.74) is 21.4. The third-order valence-electron chi connectivity index (χ3n) is 23.8. The van der Waals surface area contributed by atoms with E-state index in [1.54, 1.807) is 52.2 Å². The molecule has 2 fully saturated rings. The Bertz CT molecular complexity index is 5600. The zero-order valence-corrected chi connectivity index (χ0v) is 76.9. The number of hydrogen-bond donors (Lipinski definition) is 20. The van der Waals surface area contributed by atoms with Crippen molar-refractivity contribution < 1.29 is 96.5 Å². The summed E-state index contributed by atoms with van der Waals surface area (Å²) in [6.07, 6.45) is 5.85. The molecule has 0 spiro atoms. The SMILES string of the molecule is CCCC[C@H](NC(=O)[C@@H]1CCCN1C(=O)[C@H](CCC(N)=O)NC(=O)CNC(=O)[C@@H]1CCCN1C(=O)[C@H](CCCCNC(=O)CCNc1ccc([N+](=O)[O-])c2nonc12)NC(=O)[C@H](CC(C)C)NC(=O)[C@H](CCC(N)=O)NC(=O)[C@H](CC(C)C)NC(=O)[C@H](Cc1c[nH]c2ccccc12)NC(=O)[C@H](Cc1c[nH]cn1)NC(=O)[C@@H](N)Cc1c[nH]c2ccccc12)C(=O)N[C@@H](Cc1ccc(O)cc1)C(=O)O. The quantitative estimate of drug-likeness (QED) is 0.0145. The van der Waals surface area contributed by atoms with Gasteiger partial charge < -0.3 is 116 Å². The predicted molar refractivity (Wildman–Crippen MR) is 497 cm³/mol. The van der Waals surface area contributed by atoms with Crippen LogP contribution in [0.1, 0.15) is 166 Å². The fourth-order valence-electron chi connectivity index (χ4n) is 16.6. The van der Waals surface area contributed by atoms with E-state index >= 15 is 24.0 Å². The number of rotatable bonds is 54. The van der Waals surface area contributed by atoms with Crippen LogP contribution in [0.2, 0.25) is 0 Å². The second-order valence-corrected chi connectivity index (χ2v) is 35.2. The Kier molecular flexibility index (Phi) is 38.3. The van der Waals surface area contributed by atoms with Crippen LogP contribution in [0.15, 0.2) is 114 Å². The molecule has 4 aromatic carbocycles. The van der Waals surface area contributed by atoms with Crippen molar-refractivity contribution >= 4 is 139 Å². The van der Waals surface area contributed by atoms with Crippen molar-refractivity contribution in [3.63, 3.8) is 0 Å². The van der Waals surface area contributed by atoms with Crippen molar-refractivity contribution in [3.05, 3.63) is 142 Å². The molecule has 0 radical (unpaired) electrons. The van der Waals surface area contributed by atoms with Crippen molar-refractivity contribution in [1.29, 1.82) is 0 Å². The van der Waals surface area contributed by atoms with Crippen molar-refractivity contribution in [1.82, 2.24) is 98.5 Å². The molecular formula is C92H122N24O21. The number of primary amides is 2. The number of aromatic nitrogens is 6. The second-order valence-electron chi connectivity index (χ2n) is 35.2. The molecule has 15 amide bonds. The standard InChI is InChI=1S/C92H122N24O21/c1-6-7-18-63(82(123)111-71(92(133)134)41-52-24-26-56(117)27-25-52)105-89(130)74-23-15-38-115(74)91(132)66(30-33-76(95)119)103-78(121)48-101-88(129)73-22-14-37-114(73)90(131)65(21-12-13-35-98-77(120)34-36-97-62-28-31-72(116(135)136)80-79(62)112-137-113-80)106-85(126)68(40-51(4)5)108-83(124)64(29-32-75(94)118)104-84(125)67(39-50(2)3)109-86(127)69(43-54-46-100-61-20-11-9-17-58(54)61)110-87(128)70(44-55-47-96-49-102-55)107-81(122)59(93)42-53-45-99-60-19-10-8-16-57(53)60/h8-11,16-17,19-20,24-28,31,45-47,49-51,59,63-71,73-74,97,99-100,117H,6-7,12-15,18,21-23,29-30,32-44,48,93H2,1-5H3,(H2,94,118)(H2,95,119)(H,96,102)(H,98,120)(H,101,129)(H,103,121)(H,104,125)(H,105,130)(H,106,126)(H,107,122)(H,108,124)(H,109,127)(H,110,128)(H,111,123)(H,133,134)/t59-,63-,64-,65-,66-,67-,68-,69-,70-,71-,73-,74-/m0/s1. The molecule has 6 heterocycles. The number of aromatic amines is 3. The van der Waals surface area contributed by atoms with Crippen molar-refractivity contribution in [3.8, 4) is 5.75 Å². The number of anilines is 1. The maximum atomic E-state index is 15.3. The van der Waals surface area contributed by atoms with Gasteiger partial charge >= 0.3 is 11.7 Å². The summed E-state index contributed by atoms with van der Waals surface area (Å²) in [5.74, 6) is -14.5. The molecule has 45 heteroatoms. The molecule has 0 aliphatic carbocycles. The summed E-state index contributed by atoms with van der Waals surface area (Å²) in [6, 6.07) is 6.19.